The average Bonchev–Trinajstić information content (AvgIpc) is 1.26. The van der Waals surface area contributed by atoms with E-state index in [1.54, 1.807) is 32.4 Å². The number of carbonyl (C=O) groups excluding carboxylic acids is 3. The fourth-order valence-corrected chi connectivity index (χ4v) is 20.9. The summed E-state index contributed by atoms with van der Waals surface area (Å²) in [7, 11) is 10.0. The molecule has 3 amide bonds. The van der Waals surface area contributed by atoms with Crippen LogP contribution in [0.1, 0.15) is 128 Å². The van der Waals surface area contributed by atoms with Crippen LogP contribution >= 0.6 is 69.6 Å². The summed E-state index contributed by atoms with van der Waals surface area (Å²) in [6, 6.07) is 32.7. The average molecular weight is 1780 g/mol. The highest BCUT2D eigenvalue weighted by molar-refractivity contribution is 6.76. The number of amides is 3. The van der Waals surface area contributed by atoms with E-state index in [9.17, 15) is 19.2 Å². The van der Waals surface area contributed by atoms with Crippen molar-refractivity contribution in [2.24, 2.45) is 17.8 Å². The van der Waals surface area contributed by atoms with Gasteiger partial charge in [-0.3, -0.25) is 19.2 Å². The third-order valence-corrected chi connectivity index (χ3v) is 28.5. The molecule has 3 fully saturated rings. The Morgan fingerprint density at radius 1 is 0.496 bits per heavy atom. The highest BCUT2D eigenvalue weighted by Crippen LogP contribution is 2.47. The van der Waals surface area contributed by atoms with Gasteiger partial charge >= 0.3 is 0 Å². The number of ether oxygens (including phenoxy) is 6. The Morgan fingerprint density at radius 3 is 1.29 bits per heavy atom. The Hall–Kier alpha value is -8.34. The van der Waals surface area contributed by atoms with Crippen LogP contribution in [0, 0.1) is 38.5 Å². The van der Waals surface area contributed by atoms with E-state index in [0.717, 1.165) is 157 Å². The van der Waals surface area contributed by atoms with Crippen molar-refractivity contribution in [3.8, 4) is 11.8 Å². The van der Waals surface area contributed by atoms with Crippen molar-refractivity contribution >= 4 is 128 Å². The molecular weight excluding hydrogens is 1670 g/mol. The minimum atomic E-state index is -1.21. The van der Waals surface area contributed by atoms with Gasteiger partial charge in [0.05, 0.1) is 97.6 Å². The number of methoxy groups -OCH3 is 3. The van der Waals surface area contributed by atoms with Gasteiger partial charge in [-0.2, -0.15) is 0 Å². The van der Waals surface area contributed by atoms with Crippen LogP contribution < -0.4 is 15.0 Å². The lowest BCUT2D eigenvalue weighted by atomic mass is 9.86. The SMILES string of the molecule is COC(c1cc(Cl)c2c(c1Cl)C(=O)N(Cc1c(=O)[nH]c(C)c3[nH]ccc13)CC2)C1CN(C)C1.COC(c1cc(Cl)c2c(c1Cl)C(=O)N(Cc1c(OCc3ccccc3)nc(C)c3[nH]ccc13)CC2)C1CN(C)C1.COC(c1cc(Cl)c2c(c1Cl)C(=O)N(Cc1c(OCc3ccccc3)nc(C)c3c1ccn3COCC[Si](C)(C)C)CC2)C1CN(C)C1. The molecule has 3 unspecified atom stereocenters. The first-order valence-corrected chi connectivity index (χ1v) is 47.2. The van der Waals surface area contributed by atoms with Crippen molar-refractivity contribution in [3.63, 3.8) is 0 Å². The number of H-pyrrole nitrogens is 3. The van der Waals surface area contributed by atoms with E-state index in [0.29, 0.717) is 142 Å². The number of nitrogens with zero attached hydrogens (tertiary/aromatic N) is 9. The second-order valence-corrected chi connectivity index (χ2v) is 42.2. The molecule has 22 nitrogen and oxygen atoms in total. The smallest absolute Gasteiger partial charge is 0.256 e. The molecule has 0 radical (unpaired) electrons. The lowest BCUT2D eigenvalue weighted by Crippen LogP contribution is -2.47. The van der Waals surface area contributed by atoms with Crippen molar-refractivity contribution < 1.29 is 42.8 Å². The van der Waals surface area contributed by atoms with Crippen LogP contribution in [0.5, 0.6) is 11.8 Å². The molecule has 0 bridgehead atoms. The molecule has 17 rings (SSSR count). The van der Waals surface area contributed by atoms with Gasteiger partial charge in [0.15, 0.2) is 0 Å². The van der Waals surface area contributed by atoms with Crippen molar-refractivity contribution in [2.45, 2.75) is 124 Å². The van der Waals surface area contributed by atoms with Crippen LogP contribution in [0.4, 0.5) is 0 Å². The fraction of sp³-hybridized carbons (Fsp3) is 0.413. The van der Waals surface area contributed by atoms with Crippen LogP contribution in [0.25, 0.3) is 32.7 Å². The summed E-state index contributed by atoms with van der Waals surface area (Å²) >= 11 is 41.2. The summed E-state index contributed by atoms with van der Waals surface area (Å²) < 4.78 is 38.5. The maximum Gasteiger partial charge on any atom is 0.256 e. The molecule has 5 aromatic carbocycles. The molecule has 6 aromatic heterocycles. The number of hydrogen-bond acceptors (Lipinski definition) is 15. The Labute approximate surface area is 736 Å². The predicted molar refractivity (Wildman–Crippen MR) is 482 cm³/mol. The summed E-state index contributed by atoms with van der Waals surface area (Å²) in [5.41, 5.74) is 15.4. The first kappa shape index (κ1) is 87.6. The number of benzene rings is 5. The van der Waals surface area contributed by atoms with Crippen LogP contribution in [-0.2, 0) is 77.8 Å². The molecule has 6 aliphatic rings. The number of aromatic amines is 3. The molecule has 3 N–H and O–H groups in total. The molecule has 638 valence electrons. The largest absolute Gasteiger partial charge is 0.473 e. The lowest BCUT2D eigenvalue weighted by molar-refractivity contribution is -0.0197. The van der Waals surface area contributed by atoms with Crippen LogP contribution in [-0.4, -0.2) is 193 Å². The maximum atomic E-state index is 14.4. The normalized spacial score (nSPS) is 16.9. The number of halogens is 6. The third kappa shape index (κ3) is 18.2. The van der Waals surface area contributed by atoms with Crippen molar-refractivity contribution in [1.29, 1.82) is 0 Å². The monoisotopic (exact) mass is 1770 g/mol. The van der Waals surface area contributed by atoms with E-state index in [1.807, 2.05) is 134 Å². The van der Waals surface area contributed by atoms with Crippen LogP contribution in [0.15, 0.2) is 120 Å². The number of fused-ring (bicyclic) bond motifs is 6. The van der Waals surface area contributed by atoms with Crippen LogP contribution in [0.3, 0.4) is 0 Å². The molecule has 11 aromatic rings. The third-order valence-electron chi connectivity index (χ3n) is 24.5. The second-order valence-electron chi connectivity index (χ2n) is 34.2. The Kier molecular flexibility index (Phi) is 26.9. The van der Waals surface area contributed by atoms with Crippen molar-refractivity contribution in [2.75, 3.05) is 108 Å². The van der Waals surface area contributed by atoms with E-state index >= 15 is 0 Å². The van der Waals surface area contributed by atoms with E-state index in [4.69, 9.17) is 108 Å². The zero-order chi connectivity index (χ0) is 85.6. The second kappa shape index (κ2) is 37.2. The van der Waals surface area contributed by atoms with E-state index < -0.39 is 8.07 Å². The zero-order valence-electron chi connectivity index (χ0n) is 70.5. The number of carbonyl (C=O) groups is 3. The minimum absolute atomic E-state index is 0.145. The van der Waals surface area contributed by atoms with Crippen molar-refractivity contribution in [1.82, 2.24) is 58.9 Å². The number of pyridine rings is 3. The molecule has 12 heterocycles. The Bertz CT molecular complexity index is 5760. The quantitative estimate of drug-likeness (QED) is 0.0339. The topological polar surface area (TPSA) is 221 Å². The minimum Gasteiger partial charge on any atom is -0.473 e. The molecule has 0 saturated carbocycles. The summed E-state index contributed by atoms with van der Waals surface area (Å²) in [4.78, 5) is 85.9. The predicted octanol–water partition coefficient (Wildman–Crippen LogP) is 18.1. The molecule has 3 saturated heterocycles. The van der Waals surface area contributed by atoms with Gasteiger partial charge in [0, 0.05) is 202 Å². The van der Waals surface area contributed by atoms with Gasteiger partial charge in [-0.1, -0.05) is 150 Å². The van der Waals surface area contributed by atoms with Gasteiger partial charge in [0.25, 0.3) is 23.3 Å². The summed E-state index contributed by atoms with van der Waals surface area (Å²) in [5, 5.41) is 5.72. The lowest BCUT2D eigenvalue weighted by Gasteiger charge is -2.41. The highest BCUT2D eigenvalue weighted by atomic mass is 35.5. The molecular formula is C92H104Cl6N12O10Si. The van der Waals surface area contributed by atoms with E-state index in [1.165, 1.54) is 0 Å². The molecule has 0 aliphatic carbocycles. The first-order chi connectivity index (χ1) is 58.1. The molecule has 0 spiro atoms. The molecule has 3 atom stereocenters. The molecule has 29 heteroatoms. The molecule has 121 heavy (non-hydrogen) atoms. The van der Waals surface area contributed by atoms with E-state index in [2.05, 4.69) is 81.1 Å². The maximum absolute atomic E-state index is 14.4. The first-order valence-electron chi connectivity index (χ1n) is 41.2. The number of rotatable bonds is 26. The van der Waals surface area contributed by atoms with Gasteiger partial charge in [-0.25, -0.2) is 9.97 Å². The van der Waals surface area contributed by atoms with Gasteiger partial charge in [0.2, 0.25) is 11.8 Å². The number of nitrogens with one attached hydrogen (secondary N) is 3. The number of hydrogen-bond donors (Lipinski definition) is 3. The van der Waals surface area contributed by atoms with Gasteiger partial charge < -0.3 is 77.3 Å². The zero-order valence-corrected chi connectivity index (χ0v) is 76.0. The summed E-state index contributed by atoms with van der Waals surface area (Å²) in [6.07, 6.45) is 6.80. The Morgan fingerprint density at radius 2 is 0.884 bits per heavy atom. The highest BCUT2D eigenvalue weighted by Gasteiger charge is 2.42. The number of aryl methyl sites for hydroxylation is 3. The fourth-order valence-electron chi connectivity index (χ4n) is 18.1. The van der Waals surface area contributed by atoms with Gasteiger partial charge in [0.1, 0.15) is 19.9 Å². The Balaban J connectivity index is 0.000000144. The number of aromatic nitrogens is 6. The van der Waals surface area contributed by atoms with E-state index in [-0.39, 0.29) is 60.0 Å². The van der Waals surface area contributed by atoms with Gasteiger partial charge in [-0.15, -0.1) is 0 Å². The summed E-state index contributed by atoms with van der Waals surface area (Å²) in [5.74, 6) is 1.40. The van der Waals surface area contributed by atoms with Gasteiger partial charge in [-0.05, 0) is 131 Å². The number of likely N-dealkylation sites (tertiary alicyclic amines) is 3. The van der Waals surface area contributed by atoms with Crippen LogP contribution in [0.2, 0.25) is 55.8 Å². The summed E-state index contributed by atoms with van der Waals surface area (Å²) in [6.45, 7) is 22.5. The standard InChI is InChI=1S/C37H46Cl2N4O4Si.C31H32Cl2N4O3.C24H26Cl2N4O3/c1-24-34-27(12-15-43(34)23-46-16-17-48(4,5)6)30(36(40-24)47-22-25-10-8-7-9-11-25)21-42-14-13-28-31(38)18-29(33(39)32(28)37(42)44)35(45-3)26-19-41(2)20-26;1-18-28-21(9-11-34-28)24(30(35-18)40-17-19-7-5-4-6-8-19)16-37-12-10-22-25(32)13-23(27(33)26(22)31(37)38)29(39-3)20-14-36(2)15-20;1-12-21-14(4-6-27-21)17(23(31)28-12)11-30-7-5-15-18(25)8-16(20(26)19(15)24(30)32)22(33-3)13-9-29(2)10-13/h7-12,15,18,26,35H,13-14,16-17,19-23H2,1-6H3;4-9,11,13,20,29,34H,10,12,14-17H2,1-3H3;4,6,8,13,22,27H,5,7,9-11H2,1-3H3,(H,28,31). The molecule has 6 aliphatic heterocycles. The van der Waals surface area contributed by atoms with Crippen molar-refractivity contribution in [3.05, 3.63) is 251 Å².